The molecule has 4 heterocycles. The van der Waals surface area contributed by atoms with Gasteiger partial charge in [-0.2, -0.15) is 5.10 Å². The topological polar surface area (TPSA) is 86.3 Å². The minimum absolute atomic E-state index is 0.155. The van der Waals surface area contributed by atoms with Crippen molar-refractivity contribution in [2.24, 2.45) is 5.41 Å². The summed E-state index contributed by atoms with van der Waals surface area (Å²) in [5.41, 5.74) is 3.28. The molecular formula is C21H22ClN5O3. The standard InChI is InChI=1S/C21H22ClN5O3/c1-13-17(20(25-30-13)14-3-4-18(22)23-8-14)10-27-19(28)5-15(9-24-27)26-11-21(12-26)6-16(7-21)29-2/h3-5,8-9,16H,6-7,10-12H2,1-2H3. The lowest BCUT2D eigenvalue weighted by molar-refractivity contribution is -0.0731. The van der Waals surface area contributed by atoms with Crippen molar-refractivity contribution >= 4 is 17.3 Å². The third-order valence-corrected chi connectivity index (χ3v) is 6.44. The zero-order valence-corrected chi connectivity index (χ0v) is 17.6. The van der Waals surface area contributed by atoms with Gasteiger partial charge < -0.3 is 14.2 Å². The first-order valence-corrected chi connectivity index (χ1v) is 10.3. The zero-order chi connectivity index (χ0) is 20.9. The second kappa shape index (κ2) is 7.21. The predicted molar refractivity (Wildman–Crippen MR) is 112 cm³/mol. The van der Waals surface area contributed by atoms with Crippen LogP contribution >= 0.6 is 11.6 Å². The van der Waals surface area contributed by atoms with Crippen LogP contribution in [0.1, 0.15) is 24.2 Å². The summed E-state index contributed by atoms with van der Waals surface area (Å²) >= 11 is 5.88. The minimum Gasteiger partial charge on any atom is -0.381 e. The summed E-state index contributed by atoms with van der Waals surface area (Å²) in [6.07, 6.45) is 5.97. The van der Waals surface area contributed by atoms with Crippen molar-refractivity contribution in [3.63, 3.8) is 0 Å². The van der Waals surface area contributed by atoms with E-state index in [2.05, 4.69) is 20.1 Å². The minimum atomic E-state index is -0.155. The van der Waals surface area contributed by atoms with Gasteiger partial charge in [-0.1, -0.05) is 16.8 Å². The third kappa shape index (κ3) is 3.30. The van der Waals surface area contributed by atoms with E-state index in [9.17, 15) is 4.79 Å². The zero-order valence-electron chi connectivity index (χ0n) is 16.8. The van der Waals surface area contributed by atoms with Gasteiger partial charge in [-0.3, -0.25) is 4.79 Å². The van der Waals surface area contributed by atoms with Crippen LogP contribution in [0.15, 0.2) is 39.9 Å². The van der Waals surface area contributed by atoms with Gasteiger partial charge in [0.1, 0.15) is 16.6 Å². The van der Waals surface area contributed by atoms with Crippen molar-refractivity contribution in [3.05, 3.63) is 57.4 Å². The molecule has 8 nitrogen and oxygen atoms in total. The first-order chi connectivity index (χ1) is 14.5. The molecule has 1 aliphatic carbocycles. The number of nitrogens with zero attached hydrogens (tertiary/aromatic N) is 5. The fourth-order valence-electron chi connectivity index (χ4n) is 4.46. The molecule has 0 N–H and O–H groups in total. The van der Waals surface area contributed by atoms with Gasteiger partial charge in [0.05, 0.1) is 24.5 Å². The molecule has 9 heteroatoms. The fourth-order valence-corrected chi connectivity index (χ4v) is 4.57. The summed E-state index contributed by atoms with van der Waals surface area (Å²) < 4.78 is 12.2. The molecule has 2 fully saturated rings. The number of hydrogen-bond donors (Lipinski definition) is 0. The summed E-state index contributed by atoms with van der Waals surface area (Å²) in [5.74, 6) is 0.639. The van der Waals surface area contributed by atoms with Crippen LogP contribution in [0.2, 0.25) is 5.15 Å². The van der Waals surface area contributed by atoms with Crippen molar-refractivity contribution < 1.29 is 9.26 Å². The van der Waals surface area contributed by atoms with Crippen LogP contribution in [-0.2, 0) is 11.3 Å². The molecule has 0 bridgehead atoms. The van der Waals surface area contributed by atoms with E-state index in [0.717, 1.165) is 42.7 Å². The quantitative estimate of drug-likeness (QED) is 0.578. The molecule has 0 amide bonds. The number of methoxy groups -OCH3 is 1. The molecule has 5 rings (SSSR count). The average molecular weight is 428 g/mol. The molecule has 2 aliphatic rings. The smallest absolute Gasteiger partial charge is 0.269 e. The summed E-state index contributed by atoms with van der Waals surface area (Å²) in [4.78, 5) is 19.0. The van der Waals surface area contributed by atoms with Gasteiger partial charge in [-0.25, -0.2) is 9.67 Å². The molecule has 1 aliphatic heterocycles. The van der Waals surface area contributed by atoms with Gasteiger partial charge in [0.2, 0.25) is 0 Å². The Balaban J connectivity index is 1.33. The number of hydrogen-bond acceptors (Lipinski definition) is 7. The van der Waals surface area contributed by atoms with Crippen LogP contribution in [0.5, 0.6) is 0 Å². The number of anilines is 1. The normalized spacial score (nSPS) is 17.8. The lowest BCUT2D eigenvalue weighted by Gasteiger charge is -2.59. The van der Waals surface area contributed by atoms with Crippen LogP contribution in [0.3, 0.4) is 0 Å². The van der Waals surface area contributed by atoms with Crippen LogP contribution < -0.4 is 10.5 Å². The summed E-state index contributed by atoms with van der Waals surface area (Å²) in [6.45, 7) is 4.00. The maximum absolute atomic E-state index is 12.7. The second-order valence-electron chi connectivity index (χ2n) is 8.27. The van der Waals surface area contributed by atoms with E-state index < -0.39 is 0 Å². The Morgan fingerprint density at radius 1 is 1.30 bits per heavy atom. The highest BCUT2D eigenvalue weighted by atomic mass is 35.5. The van der Waals surface area contributed by atoms with E-state index in [0.29, 0.717) is 28.1 Å². The Kier molecular flexibility index (Phi) is 4.63. The Hall–Kier alpha value is -2.71. The molecule has 0 atom stereocenters. The van der Waals surface area contributed by atoms with Crippen LogP contribution in [0, 0.1) is 12.3 Å². The van der Waals surface area contributed by atoms with E-state index in [1.54, 1.807) is 31.6 Å². The molecule has 3 aromatic heterocycles. The number of pyridine rings is 1. The molecule has 156 valence electrons. The highest BCUT2D eigenvalue weighted by molar-refractivity contribution is 6.29. The number of aryl methyl sites for hydroxylation is 1. The molecule has 1 spiro atoms. The predicted octanol–water partition coefficient (Wildman–Crippen LogP) is 2.92. The molecule has 1 saturated carbocycles. The molecule has 3 aromatic rings. The van der Waals surface area contributed by atoms with Crippen LogP contribution in [0.25, 0.3) is 11.3 Å². The second-order valence-corrected chi connectivity index (χ2v) is 8.65. The van der Waals surface area contributed by atoms with Crippen molar-refractivity contribution in [3.8, 4) is 11.3 Å². The van der Waals surface area contributed by atoms with Gasteiger partial charge in [-0.05, 0) is 31.9 Å². The SMILES string of the molecule is COC1CC2(C1)CN(c1cnn(Cc3c(-c4ccc(Cl)nc4)noc3C)c(=O)c1)C2. The number of rotatable bonds is 5. The fraction of sp³-hybridized carbons (Fsp3) is 0.429. The summed E-state index contributed by atoms with van der Waals surface area (Å²) in [7, 11) is 1.77. The number of ether oxygens (including phenoxy) is 1. The molecular weight excluding hydrogens is 406 g/mol. The first kappa shape index (κ1) is 19.3. The maximum Gasteiger partial charge on any atom is 0.269 e. The monoisotopic (exact) mass is 427 g/mol. The average Bonchev–Trinajstić information content (AvgIpc) is 3.03. The van der Waals surface area contributed by atoms with Gasteiger partial charge in [0.15, 0.2) is 0 Å². The van der Waals surface area contributed by atoms with E-state index in [1.165, 1.54) is 4.68 Å². The van der Waals surface area contributed by atoms with Gasteiger partial charge in [-0.15, -0.1) is 0 Å². The Bertz CT molecular complexity index is 1130. The molecule has 0 unspecified atom stereocenters. The molecule has 0 radical (unpaired) electrons. The largest absolute Gasteiger partial charge is 0.381 e. The number of halogens is 1. The van der Waals surface area contributed by atoms with E-state index >= 15 is 0 Å². The van der Waals surface area contributed by atoms with Crippen molar-refractivity contribution in [2.45, 2.75) is 32.4 Å². The number of aromatic nitrogens is 4. The first-order valence-electron chi connectivity index (χ1n) is 9.88. The van der Waals surface area contributed by atoms with Crippen LogP contribution in [-0.4, -0.2) is 46.2 Å². The van der Waals surface area contributed by atoms with Crippen LogP contribution in [0.4, 0.5) is 5.69 Å². The molecule has 0 aromatic carbocycles. The lowest BCUT2D eigenvalue weighted by atomic mass is 9.61. The third-order valence-electron chi connectivity index (χ3n) is 6.22. The lowest BCUT2D eigenvalue weighted by Crippen LogP contribution is -2.64. The van der Waals surface area contributed by atoms with Gasteiger partial charge in [0, 0.05) is 49.0 Å². The van der Waals surface area contributed by atoms with E-state index in [4.69, 9.17) is 20.9 Å². The Morgan fingerprint density at radius 2 is 2.10 bits per heavy atom. The maximum atomic E-state index is 12.7. The summed E-state index contributed by atoms with van der Waals surface area (Å²) in [5, 5.41) is 8.94. The van der Waals surface area contributed by atoms with Crippen molar-refractivity contribution in [1.82, 2.24) is 19.9 Å². The van der Waals surface area contributed by atoms with Crippen molar-refractivity contribution in [2.75, 3.05) is 25.1 Å². The van der Waals surface area contributed by atoms with Gasteiger partial charge in [0.25, 0.3) is 5.56 Å². The van der Waals surface area contributed by atoms with Crippen molar-refractivity contribution in [1.29, 1.82) is 0 Å². The van der Waals surface area contributed by atoms with E-state index in [1.807, 2.05) is 13.0 Å². The Morgan fingerprint density at radius 3 is 2.77 bits per heavy atom. The summed E-state index contributed by atoms with van der Waals surface area (Å²) in [6, 6.07) is 5.17. The van der Waals surface area contributed by atoms with Gasteiger partial charge >= 0.3 is 0 Å². The molecule has 30 heavy (non-hydrogen) atoms. The molecule has 1 saturated heterocycles. The highest BCUT2D eigenvalue weighted by Gasteiger charge is 2.52. The highest BCUT2D eigenvalue weighted by Crippen LogP contribution is 2.50. The Labute approximate surface area is 178 Å². The van der Waals surface area contributed by atoms with E-state index in [-0.39, 0.29) is 12.1 Å².